The first-order chi connectivity index (χ1) is 11.5. The lowest BCUT2D eigenvalue weighted by Gasteiger charge is -2.24. The van der Waals surface area contributed by atoms with Crippen molar-refractivity contribution in [3.8, 4) is 5.75 Å². The molecular formula is C17H19N3O3S. The molecule has 0 bridgehead atoms. The van der Waals surface area contributed by atoms with Gasteiger partial charge in [0.2, 0.25) is 0 Å². The van der Waals surface area contributed by atoms with Crippen molar-refractivity contribution in [3.05, 3.63) is 46.2 Å². The number of fused-ring (bicyclic) bond motifs is 1. The first-order valence-electron chi connectivity index (χ1n) is 7.59. The van der Waals surface area contributed by atoms with Crippen LogP contribution in [-0.4, -0.2) is 44.0 Å². The van der Waals surface area contributed by atoms with Crippen molar-refractivity contribution in [2.75, 3.05) is 32.6 Å². The highest BCUT2D eigenvalue weighted by Gasteiger charge is 2.20. The van der Waals surface area contributed by atoms with Crippen LogP contribution in [0, 0.1) is 0 Å². The Labute approximate surface area is 144 Å². The SMILES string of the molecule is CN(C)[C@@H](CNC(=O)c1ccc2c(c1)OCC(=O)N2)c1cccs1. The number of likely N-dealkylation sites (N-methyl/N-ethyl adjacent to an activating group) is 1. The van der Waals surface area contributed by atoms with E-state index in [4.69, 9.17) is 4.74 Å². The van der Waals surface area contributed by atoms with Crippen molar-refractivity contribution >= 4 is 28.8 Å². The fourth-order valence-corrected chi connectivity index (χ4v) is 3.45. The van der Waals surface area contributed by atoms with Crippen LogP contribution in [0.5, 0.6) is 5.75 Å². The van der Waals surface area contributed by atoms with Gasteiger partial charge in [-0.1, -0.05) is 6.07 Å². The Balaban J connectivity index is 1.68. The molecule has 0 radical (unpaired) electrons. The van der Waals surface area contributed by atoms with E-state index in [-0.39, 0.29) is 24.5 Å². The van der Waals surface area contributed by atoms with Gasteiger partial charge in [-0.3, -0.25) is 9.59 Å². The topological polar surface area (TPSA) is 70.7 Å². The summed E-state index contributed by atoms with van der Waals surface area (Å²) in [6, 6.07) is 9.22. The predicted molar refractivity (Wildman–Crippen MR) is 93.6 cm³/mol. The van der Waals surface area contributed by atoms with E-state index in [1.807, 2.05) is 25.5 Å². The molecule has 6 nitrogen and oxygen atoms in total. The maximum Gasteiger partial charge on any atom is 0.262 e. The van der Waals surface area contributed by atoms with E-state index in [9.17, 15) is 9.59 Å². The average molecular weight is 345 g/mol. The standard InChI is InChI=1S/C17H19N3O3S/c1-20(2)13(15-4-3-7-24-15)9-18-17(22)11-5-6-12-14(8-11)23-10-16(21)19-12/h3-8,13H,9-10H2,1-2H3,(H,18,22)(H,19,21)/t13-/m0/s1. The number of nitrogens with zero attached hydrogens (tertiary/aromatic N) is 1. The fourth-order valence-electron chi connectivity index (χ4n) is 2.53. The summed E-state index contributed by atoms with van der Waals surface area (Å²) in [7, 11) is 3.98. The molecule has 1 atom stereocenters. The molecule has 1 aromatic heterocycles. The molecule has 0 spiro atoms. The number of carbonyl (C=O) groups excluding carboxylic acids is 2. The van der Waals surface area contributed by atoms with Gasteiger partial charge in [-0.2, -0.15) is 0 Å². The van der Waals surface area contributed by atoms with Gasteiger partial charge in [0.15, 0.2) is 6.61 Å². The molecule has 2 amide bonds. The van der Waals surface area contributed by atoms with Crippen LogP contribution in [0.3, 0.4) is 0 Å². The Morgan fingerprint density at radius 2 is 2.25 bits per heavy atom. The van der Waals surface area contributed by atoms with Gasteiger partial charge in [-0.05, 0) is 43.7 Å². The molecule has 1 aromatic carbocycles. The third-order valence-corrected chi connectivity index (χ3v) is 4.80. The molecular weight excluding hydrogens is 326 g/mol. The Morgan fingerprint density at radius 3 is 2.96 bits per heavy atom. The second-order valence-corrected chi connectivity index (χ2v) is 6.73. The molecule has 2 aromatic rings. The molecule has 0 unspecified atom stereocenters. The number of nitrogens with one attached hydrogen (secondary N) is 2. The van der Waals surface area contributed by atoms with Gasteiger partial charge in [0.25, 0.3) is 11.8 Å². The second-order valence-electron chi connectivity index (χ2n) is 5.75. The van der Waals surface area contributed by atoms with E-state index in [0.29, 0.717) is 23.5 Å². The fraction of sp³-hybridized carbons (Fsp3) is 0.294. The van der Waals surface area contributed by atoms with Crippen LogP contribution in [0.15, 0.2) is 35.7 Å². The van der Waals surface area contributed by atoms with Crippen molar-refractivity contribution in [1.82, 2.24) is 10.2 Å². The van der Waals surface area contributed by atoms with E-state index in [2.05, 4.69) is 21.6 Å². The number of thiophene rings is 1. The average Bonchev–Trinajstić information content (AvgIpc) is 3.08. The Morgan fingerprint density at radius 1 is 1.42 bits per heavy atom. The van der Waals surface area contributed by atoms with Crippen LogP contribution in [0.25, 0.3) is 0 Å². The van der Waals surface area contributed by atoms with Crippen LogP contribution >= 0.6 is 11.3 Å². The van der Waals surface area contributed by atoms with Gasteiger partial charge >= 0.3 is 0 Å². The highest BCUT2D eigenvalue weighted by Crippen LogP contribution is 2.28. The summed E-state index contributed by atoms with van der Waals surface area (Å²) in [5.41, 5.74) is 1.10. The smallest absolute Gasteiger partial charge is 0.262 e. The normalized spacial score (nSPS) is 14.5. The minimum absolute atomic E-state index is 0.0286. The van der Waals surface area contributed by atoms with E-state index in [0.717, 1.165) is 0 Å². The quantitative estimate of drug-likeness (QED) is 0.871. The maximum absolute atomic E-state index is 12.4. The molecule has 126 valence electrons. The molecule has 24 heavy (non-hydrogen) atoms. The van der Waals surface area contributed by atoms with Gasteiger partial charge in [-0.15, -0.1) is 11.3 Å². The van der Waals surface area contributed by atoms with Crippen LogP contribution in [-0.2, 0) is 4.79 Å². The largest absolute Gasteiger partial charge is 0.482 e. The van der Waals surface area contributed by atoms with Crippen molar-refractivity contribution in [1.29, 1.82) is 0 Å². The molecule has 3 rings (SSSR count). The molecule has 0 saturated heterocycles. The monoisotopic (exact) mass is 345 g/mol. The zero-order chi connectivity index (χ0) is 17.1. The number of ether oxygens (including phenoxy) is 1. The minimum atomic E-state index is -0.190. The van der Waals surface area contributed by atoms with Crippen molar-refractivity contribution in [3.63, 3.8) is 0 Å². The molecule has 1 aliphatic heterocycles. The Bertz CT molecular complexity index is 744. The van der Waals surface area contributed by atoms with Crippen LogP contribution in [0.2, 0.25) is 0 Å². The van der Waals surface area contributed by atoms with Gasteiger partial charge in [0, 0.05) is 17.0 Å². The van der Waals surface area contributed by atoms with Gasteiger partial charge in [-0.25, -0.2) is 0 Å². The molecule has 2 N–H and O–H groups in total. The molecule has 0 aliphatic carbocycles. The van der Waals surface area contributed by atoms with Gasteiger partial charge in [0.1, 0.15) is 5.75 Å². The van der Waals surface area contributed by atoms with Crippen molar-refractivity contribution in [2.24, 2.45) is 0 Å². The number of rotatable bonds is 5. The third kappa shape index (κ3) is 3.58. The van der Waals surface area contributed by atoms with Gasteiger partial charge in [0.05, 0.1) is 11.7 Å². The molecule has 0 fully saturated rings. The van der Waals surface area contributed by atoms with Crippen LogP contribution in [0.4, 0.5) is 5.69 Å². The lowest BCUT2D eigenvalue weighted by Crippen LogP contribution is -2.34. The number of benzene rings is 1. The summed E-state index contributed by atoms with van der Waals surface area (Å²) in [5, 5.41) is 7.71. The minimum Gasteiger partial charge on any atom is -0.482 e. The summed E-state index contributed by atoms with van der Waals surface area (Å²) in [5.74, 6) is 0.163. The summed E-state index contributed by atoms with van der Waals surface area (Å²) in [4.78, 5) is 27.0. The molecule has 7 heteroatoms. The molecule has 1 aliphatic rings. The zero-order valence-corrected chi connectivity index (χ0v) is 14.4. The maximum atomic E-state index is 12.4. The molecule has 2 heterocycles. The van der Waals surface area contributed by atoms with E-state index >= 15 is 0 Å². The number of anilines is 1. The predicted octanol–water partition coefficient (Wildman–Crippen LogP) is 2.11. The Kier molecular flexibility index (Phi) is 4.82. The van der Waals surface area contributed by atoms with Crippen LogP contribution in [0.1, 0.15) is 21.3 Å². The highest BCUT2D eigenvalue weighted by molar-refractivity contribution is 7.10. The number of carbonyl (C=O) groups is 2. The number of amides is 2. The number of hydrogen-bond acceptors (Lipinski definition) is 5. The summed E-state index contributed by atoms with van der Waals surface area (Å²) in [6.45, 7) is 0.486. The van der Waals surface area contributed by atoms with Gasteiger partial charge < -0.3 is 20.3 Å². The summed E-state index contributed by atoms with van der Waals surface area (Å²) >= 11 is 1.67. The second kappa shape index (κ2) is 7.02. The summed E-state index contributed by atoms with van der Waals surface area (Å²) in [6.07, 6.45) is 0. The first kappa shape index (κ1) is 16.5. The zero-order valence-electron chi connectivity index (χ0n) is 13.5. The van der Waals surface area contributed by atoms with E-state index < -0.39 is 0 Å². The Hall–Kier alpha value is -2.38. The first-order valence-corrected chi connectivity index (χ1v) is 8.47. The lowest BCUT2D eigenvalue weighted by molar-refractivity contribution is -0.118. The third-order valence-electron chi connectivity index (χ3n) is 3.83. The molecule has 0 saturated carbocycles. The lowest BCUT2D eigenvalue weighted by atomic mass is 10.1. The number of hydrogen-bond donors (Lipinski definition) is 2. The van der Waals surface area contributed by atoms with Crippen molar-refractivity contribution in [2.45, 2.75) is 6.04 Å². The van der Waals surface area contributed by atoms with E-state index in [1.54, 1.807) is 29.5 Å². The highest BCUT2D eigenvalue weighted by atomic mass is 32.1. The van der Waals surface area contributed by atoms with Crippen LogP contribution < -0.4 is 15.4 Å². The van der Waals surface area contributed by atoms with E-state index in [1.165, 1.54) is 4.88 Å². The summed E-state index contributed by atoms with van der Waals surface area (Å²) < 4.78 is 5.35. The van der Waals surface area contributed by atoms with Crippen molar-refractivity contribution < 1.29 is 14.3 Å².